The van der Waals surface area contributed by atoms with Crippen LogP contribution in [0.15, 0.2) is 85.2 Å². The number of carbonyl (C=O) groups is 2. The SMILES string of the molecule is COC(=O)c1cccc(-n2cccc2C2C(c3ccccn3)NC(=S)N2c2ccc(NC(=O)C(C)C)c(Cl)c2)c1. The number of hydrogen-bond donors (Lipinski definition) is 2. The Morgan fingerprint density at radius 3 is 2.58 bits per heavy atom. The molecule has 0 spiro atoms. The van der Waals surface area contributed by atoms with E-state index in [9.17, 15) is 9.59 Å². The number of amides is 1. The summed E-state index contributed by atoms with van der Waals surface area (Å²) in [6.45, 7) is 3.65. The van der Waals surface area contributed by atoms with Crippen LogP contribution >= 0.6 is 23.8 Å². The monoisotopic (exact) mass is 573 g/mol. The first kappa shape index (κ1) is 27.4. The molecule has 0 radical (unpaired) electrons. The Hall–Kier alpha value is -4.21. The Balaban J connectivity index is 1.60. The first-order valence-corrected chi connectivity index (χ1v) is 13.5. The van der Waals surface area contributed by atoms with E-state index >= 15 is 0 Å². The van der Waals surface area contributed by atoms with Crippen LogP contribution in [0, 0.1) is 5.92 Å². The van der Waals surface area contributed by atoms with Crippen molar-refractivity contribution in [3.63, 3.8) is 0 Å². The van der Waals surface area contributed by atoms with Crippen LogP contribution < -0.4 is 15.5 Å². The summed E-state index contributed by atoms with van der Waals surface area (Å²) in [5.74, 6) is -0.709. The van der Waals surface area contributed by atoms with Gasteiger partial charge in [0.05, 0.1) is 35.1 Å². The number of ether oxygens (including phenoxy) is 1. The maximum Gasteiger partial charge on any atom is 0.337 e. The fraction of sp³-hybridized carbons (Fsp3) is 0.200. The Kier molecular flexibility index (Phi) is 7.86. The number of methoxy groups -OCH3 is 1. The van der Waals surface area contributed by atoms with E-state index in [0.717, 1.165) is 22.8 Å². The Morgan fingerprint density at radius 1 is 1.05 bits per heavy atom. The molecule has 40 heavy (non-hydrogen) atoms. The number of nitrogens with one attached hydrogen (secondary N) is 2. The molecule has 3 heterocycles. The van der Waals surface area contributed by atoms with Crippen molar-refractivity contribution in [1.29, 1.82) is 0 Å². The lowest BCUT2D eigenvalue weighted by Crippen LogP contribution is -2.30. The number of aromatic nitrogens is 2. The molecule has 0 aliphatic carbocycles. The van der Waals surface area contributed by atoms with Gasteiger partial charge in [-0.3, -0.25) is 9.78 Å². The number of hydrogen-bond acceptors (Lipinski definition) is 5. The third-order valence-electron chi connectivity index (χ3n) is 6.74. The van der Waals surface area contributed by atoms with Crippen LogP contribution in [0.3, 0.4) is 0 Å². The summed E-state index contributed by atoms with van der Waals surface area (Å²) in [6.07, 6.45) is 3.69. The quantitative estimate of drug-likeness (QED) is 0.204. The minimum Gasteiger partial charge on any atom is -0.465 e. The molecule has 10 heteroatoms. The molecule has 2 aromatic heterocycles. The molecule has 4 aromatic rings. The summed E-state index contributed by atoms with van der Waals surface area (Å²) in [6, 6.07) is 21.8. The van der Waals surface area contributed by atoms with Crippen LogP contribution in [0.25, 0.3) is 5.69 Å². The lowest BCUT2D eigenvalue weighted by molar-refractivity contribution is -0.118. The lowest BCUT2D eigenvalue weighted by Gasteiger charge is -2.29. The molecule has 1 saturated heterocycles. The van der Waals surface area contributed by atoms with Crippen LogP contribution in [-0.4, -0.2) is 33.6 Å². The van der Waals surface area contributed by atoms with Gasteiger partial charge in [-0.15, -0.1) is 0 Å². The van der Waals surface area contributed by atoms with Crippen molar-refractivity contribution >= 4 is 52.2 Å². The van der Waals surface area contributed by atoms with Crippen molar-refractivity contribution in [2.24, 2.45) is 5.92 Å². The van der Waals surface area contributed by atoms with Crippen LogP contribution in [0.4, 0.5) is 11.4 Å². The topological polar surface area (TPSA) is 88.5 Å². The molecule has 1 aliphatic rings. The molecule has 0 bridgehead atoms. The molecule has 204 valence electrons. The molecule has 1 fully saturated rings. The summed E-state index contributed by atoms with van der Waals surface area (Å²) in [5, 5.41) is 7.23. The number of rotatable bonds is 7. The molecule has 5 rings (SSSR count). The van der Waals surface area contributed by atoms with Gasteiger partial charge < -0.3 is 24.8 Å². The fourth-order valence-corrected chi connectivity index (χ4v) is 5.30. The zero-order chi connectivity index (χ0) is 28.4. The number of benzene rings is 2. The average Bonchev–Trinajstić information content (AvgIpc) is 3.58. The van der Waals surface area contributed by atoms with Gasteiger partial charge in [0.25, 0.3) is 0 Å². The van der Waals surface area contributed by atoms with Gasteiger partial charge in [0, 0.05) is 35.4 Å². The highest BCUT2D eigenvalue weighted by atomic mass is 35.5. The number of esters is 1. The number of thiocarbonyl (C=S) groups is 1. The van der Waals surface area contributed by atoms with E-state index in [1.54, 1.807) is 30.5 Å². The van der Waals surface area contributed by atoms with Gasteiger partial charge in [-0.05, 0) is 72.9 Å². The van der Waals surface area contributed by atoms with E-state index in [2.05, 4.69) is 15.6 Å². The molecule has 2 aromatic carbocycles. The smallest absolute Gasteiger partial charge is 0.337 e. The summed E-state index contributed by atoms with van der Waals surface area (Å²) >= 11 is 12.5. The highest BCUT2D eigenvalue weighted by Crippen LogP contribution is 2.43. The van der Waals surface area contributed by atoms with Crippen LogP contribution in [0.5, 0.6) is 0 Å². The normalized spacial score (nSPS) is 16.6. The van der Waals surface area contributed by atoms with E-state index in [1.807, 2.05) is 78.0 Å². The van der Waals surface area contributed by atoms with Crippen molar-refractivity contribution < 1.29 is 14.3 Å². The maximum atomic E-state index is 12.3. The molecular formula is C30H28ClN5O3S. The van der Waals surface area contributed by atoms with E-state index in [1.165, 1.54) is 7.11 Å². The average molecular weight is 574 g/mol. The van der Waals surface area contributed by atoms with E-state index in [4.69, 9.17) is 28.6 Å². The van der Waals surface area contributed by atoms with Gasteiger partial charge in [-0.1, -0.05) is 37.6 Å². The fourth-order valence-electron chi connectivity index (χ4n) is 4.74. The largest absolute Gasteiger partial charge is 0.465 e. The zero-order valence-corrected chi connectivity index (χ0v) is 23.7. The summed E-state index contributed by atoms with van der Waals surface area (Å²) in [5.41, 5.74) is 4.26. The van der Waals surface area contributed by atoms with Gasteiger partial charge >= 0.3 is 5.97 Å². The maximum absolute atomic E-state index is 12.3. The van der Waals surface area contributed by atoms with E-state index in [-0.39, 0.29) is 23.9 Å². The standard InChI is InChI=1S/C30H28ClN5O3S/c1-18(2)28(37)33-23-13-12-21(17-22(23)31)36-27(26(34-30(36)40)24-10-4-5-14-32-24)25-11-7-15-35(25)20-9-6-8-19(16-20)29(38)39-3/h4-18,26-27H,1-3H3,(H,33,37)(H,34,40). The van der Waals surface area contributed by atoms with Crippen molar-refractivity contribution in [3.8, 4) is 5.69 Å². The summed E-state index contributed by atoms with van der Waals surface area (Å²) in [4.78, 5) is 31.1. The van der Waals surface area contributed by atoms with Crippen LogP contribution in [0.1, 0.15) is 47.7 Å². The predicted octanol–water partition coefficient (Wildman–Crippen LogP) is 6.08. The summed E-state index contributed by atoms with van der Waals surface area (Å²) < 4.78 is 6.95. The van der Waals surface area contributed by atoms with Crippen molar-refractivity contribution in [2.75, 3.05) is 17.3 Å². The molecular weight excluding hydrogens is 546 g/mol. The van der Waals surface area contributed by atoms with Gasteiger partial charge in [-0.25, -0.2) is 4.79 Å². The minimum atomic E-state index is -0.411. The zero-order valence-electron chi connectivity index (χ0n) is 22.2. The first-order valence-electron chi connectivity index (χ1n) is 12.8. The highest BCUT2D eigenvalue weighted by Gasteiger charge is 2.42. The molecule has 8 nitrogen and oxygen atoms in total. The molecule has 1 amide bonds. The second kappa shape index (κ2) is 11.5. The van der Waals surface area contributed by atoms with E-state index < -0.39 is 5.97 Å². The van der Waals surface area contributed by atoms with Crippen LogP contribution in [0.2, 0.25) is 5.02 Å². The molecule has 0 saturated carbocycles. The number of pyridine rings is 1. The van der Waals surface area contributed by atoms with Crippen molar-refractivity contribution in [3.05, 3.63) is 107 Å². The Bertz CT molecular complexity index is 1570. The van der Waals surface area contributed by atoms with Gasteiger partial charge in [-0.2, -0.15) is 0 Å². The number of anilines is 2. The first-order chi connectivity index (χ1) is 19.3. The molecule has 1 aliphatic heterocycles. The van der Waals surface area contributed by atoms with E-state index in [0.29, 0.717) is 21.4 Å². The third kappa shape index (κ3) is 5.30. The molecule has 2 N–H and O–H groups in total. The minimum absolute atomic E-state index is 0.117. The number of halogens is 1. The lowest BCUT2D eigenvalue weighted by atomic mass is 10.0. The highest BCUT2D eigenvalue weighted by molar-refractivity contribution is 7.80. The van der Waals surface area contributed by atoms with Gasteiger partial charge in [0.15, 0.2) is 5.11 Å². The number of nitrogens with zero attached hydrogens (tertiary/aromatic N) is 3. The second-order valence-corrected chi connectivity index (χ2v) is 10.4. The van der Waals surface area contributed by atoms with Crippen molar-refractivity contribution in [1.82, 2.24) is 14.9 Å². The van der Waals surface area contributed by atoms with Crippen molar-refractivity contribution in [2.45, 2.75) is 25.9 Å². The van der Waals surface area contributed by atoms with Gasteiger partial charge in [0.2, 0.25) is 5.91 Å². The van der Waals surface area contributed by atoms with Gasteiger partial charge in [0.1, 0.15) is 6.04 Å². The Labute approximate surface area is 242 Å². The van der Waals surface area contributed by atoms with Crippen LogP contribution in [-0.2, 0) is 9.53 Å². The third-order valence-corrected chi connectivity index (χ3v) is 7.37. The molecule has 2 atom stereocenters. The Morgan fingerprint density at radius 2 is 1.88 bits per heavy atom. The second-order valence-electron chi connectivity index (χ2n) is 9.65. The number of carbonyl (C=O) groups excluding carboxylic acids is 2. The predicted molar refractivity (Wildman–Crippen MR) is 160 cm³/mol. The molecule has 2 unspecified atom stereocenters. The summed E-state index contributed by atoms with van der Waals surface area (Å²) in [7, 11) is 1.36.